The minimum atomic E-state index is -0.290. The molecule has 0 saturated carbocycles. The van der Waals surface area contributed by atoms with Crippen molar-refractivity contribution in [3.63, 3.8) is 0 Å². The minimum absolute atomic E-state index is 0.290. The van der Waals surface area contributed by atoms with E-state index in [9.17, 15) is 5.11 Å². The molecule has 2 N–H and O–H groups in total. The van der Waals surface area contributed by atoms with Gasteiger partial charge in [-0.25, -0.2) is 0 Å². The van der Waals surface area contributed by atoms with Crippen molar-refractivity contribution >= 4 is 0 Å². The predicted molar refractivity (Wildman–Crippen MR) is 83.7 cm³/mol. The molecule has 0 bridgehead atoms. The van der Waals surface area contributed by atoms with Crippen LogP contribution in [0.5, 0.6) is 0 Å². The third kappa shape index (κ3) is 4.30. The fourth-order valence-electron chi connectivity index (χ4n) is 2.63. The summed E-state index contributed by atoms with van der Waals surface area (Å²) in [5, 5.41) is 13.6. The zero-order valence-electron chi connectivity index (χ0n) is 13.0. The molecule has 0 aliphatic carbocycles. The van der Waals surface area contributed by atoms with Crippen molar-refractivity contribution in [2.24, 2.45) is 5.92 Å². The van der Waals surface area contributed by atoms with Gasteiger partial charge in [0.25, 0.3) is 0 Å². The van der Waals surface area contributed by atoms with Gasteiger partial charge in [-0.2, -0.15) is 0 Å². The maximum Gasteiger partial charge on any atom is 0.0791 e. The van der Waals surface area contributed by atoms with Crippen LogP contribution in [0.15, 0.2) is 24.3 Å². The second-order valence-electron chi connectivity index (χ2n) is 6.35. The van der Waals surface area contributed by atoms with Crippen molar-refractivity contribution in [3.05, 3.63) is 35.4 Å². The van der Waals surface area contributed by atoms with E-state index in [1.807, 2.05) is 0 Å². The van der Waals surface area contributed by atoms with Gasteiger partial charge >= 0.3 is 0 Å². The van der Waals surface area contributed by atoms with E-state index in [0.29, 0.717) is 18.5 Å². The molecule has 1 heterocycles. The molecule has 2 unspecified atom stereocenters. The number of hydrogen-bond acceptors (Lipinski definition) is 3. The molecule has 0 aromatic heterocycles. The Morgan fingerprint density at radius 1 is 1.20 bits per heavy atom. The van der Waals surface area contributed by atoms with Gasteiger partial charge in [-0.3, -0.25) is 4.90 Å². The zero-order valence-corrected chi connectivity index (χ0v) is 13.0. The molecular formula is C17H28N2O. The zero-order chi connectivity index (χ0) is 14.5. The maximum absolute atomic E-state index is 10.2. The monoisotopic (exact) mass is 276 g/mol. The number of fused-ring (bicyclic) bond motifs is 1. The summed E-state index contributed by atoms with van der Waals surface area (Å²) in [6.45, 7) is 10.0. The topological polar surface area (TPSA) is 35.5 Å². The molecule has 3 nitrogen and oxygen atoms in total. The van der Waals surface area contributed by atoms with Gasteiger partial charge in [0.2, 0.25) is 0 Å². The normalized spacial score (nSPS) is 18.9. The predicted octanol–water partition coefficient (Wildman–Crippen LogP) is 2.04. The second kappa shape index (κ2) is 7.21. The molecule has 2 atom stereocenters. The standard InChI is InChI=1S/C17H28N2O/c1-13(2)14(3)18-10-17(20)12-19-9-8-15-6-4-5-7-16(15)11-19/h4-7,13-14,17-18,20H,8-12H2,1-3H3. The molecule has 1 aromatic carbocycles. The van der Waals surface area contributed by atoms with Crippen LogP contribution < -0.4 is 5.32 Å². The van der Waals surface area contributed by atoms with Gasteiger partial charge in [-0.1, -0.05) is 38.1 Å². The van der Waals surface area contributed by atoms with Gasteiger partial charge in [0.05, 0.1) is 6.10 Å². The van der Waals surface area contributed by atoms with E-state index >= 15 is 0 Å². The summed E-state index contributed by atoms with van der Waals surface area (Å²) in [4.78, 5) is 2.36. The van der Waals surface area contributed by atoms with E-state index in [0.717, 1.165) is 26.1 Å². The van der Waals surface area contributed by atoms with Crippen LogP contribution in [0.3, 0.4) is 0 Å². The number of β-amino-alcohol motifs (C(OH)–C–C–N with tert-alkyl or cyclic N) is 1. The number of hydrogen-bond donors (Lipinski definition) is 2. The van der Waals surface area contributed by atoms with Crippen LogP contribution in [0, 0.1) is 5.92 Å². The Balaban J connectivity index is 1.77. The Bertz CT molecular complexity index is 419. The molecular weight excluding hydrogens is 248 g/mol. The molecule has 20 heavy (non-hydrogen) atoms. The molecule has 112 valence electrons. The third-order valence-electron chi connectivity index (χ3n) is 4.35. The van der Waals surface area contributed by atoms with Crippen LogP contribution >= 0.6 is 0 Å². The van der Waals surface area contributed by atoms with Gasteiger partial charge in [-0.15, -0.1) is 0 Å². The highest BCUT2D eigenvalue weighted by atomic mass is 16.3. The first-order chi connectivity index (χ1) is 9.56. The van der Waals surface area contributed by atoms with E-state index in [2.05, 4.69) is 55.3 Å². The van der Waals surface area contributed by atoms with Crippen molar-refractivity contribution in [1.82, 2.24) is 10.2 Å². The summed E-state index contributed by atoms with van der Waals surface area (Å²) in [6.07, 6.45) is 0.806. The summed E-state index contributed by atoms with van der Waals surface area (Å²) in [6, 6.07) is 9.08. The smallest absolute Gasteiger partial charge is 0.0791 e. The average molecular weight is 276 g/mol. The lowest BCUT2D eigenvalue weighted by Crippen LogP contribution is -2.43. The summed E-state index contributed by atoms with van der Waals surface area (Å²) in [7, 11) is 0. The summed E-state index contributed by atoms with van der Waals surface area (Å²) in [5.74, 6) is 0.601. The van der Waals surface area contributed by atoms with Crippen LogP contribution in [-0.2, 0) is 13.0 Å². The largest absolute Gasteiger partial charge is 0.390 e. The molecule has 0 fully saturated rings. The Kier molecular flexibility index (Phi) is 5.58. The summed E-state index contributed by atoms with van der Waals surface area (Å²) < 4.78 is 0. The average Bonchev–Trinajstić information content (AvgIpc) is 2.44. The maximum atomic E-state index is 10.2. The lowest BCUT2D eigenvalue weighted by Gasteiger charge is -2.31. The number of aliphatic hydroxyl groups excluding tert-OH is 1. The fraction of sp³-hybridized carbons (Fsp3) is 0.647. The fourth-order valence-corrected chi connectivity index (χ4v) is 2.63. The number of nitrogens with one attached hydrogen (secondary N) is 1. The van der Waals surface area contributed by atoms with E-state index in [4.69, 9.17) is 0 Å². The van der Waals surface area contributed by atoms with Crippen molar-refractivity contribution in [3.8, 4) is 0 Å². The summed E-state index contributed by atoms with van der Waals surface area (Å²) >= 11 is 0. The van der Waals surface area contributed by atoms with Crippen LogP contribution in [0.4, 0.5) is 0 Å². The summed E-state index contributed by atoms with van der Waals surface area (Å²) in [5.41, 5.74) is 2.87. The van der Waals surface area contributed by atoms with Gasteiger partial charge in [0.15, 0.2) is 0 Å². The number of benzene rings is 1. The van der Waals surface area contributed by atoms with E-state index in [1.165, 1.54) is 11.1 Å². The highest BCUT2D eigenvalue weighted by Crippen LogP contribution is 2.18. The highest BCUT2D eigenvalue weighted by molar-refractivity contribution is 5.29. The van der Waals surface area contributed by atoms with Gasteiger partial charge in [0.1, 0.15) is 0 Å². The van der Waals surface area contributed by atoms with Crippen molar-refractivity contribution in [1.29, 1.82) is 0 Å². The molecule has 0 radical (unpaired) electrons. The minimum Gasteiger partial charge on any atom is -0.390 e. The molecule has 0 saturated heterocycles. The second-order valence-corrected chi connectivity index (χ2v) is 6.35. The van der Waals surface area contributed by atoms with Crippen LogP contribution in [-0.4, -0.2) is 41.8 Å². The van der Waals surface area contributed by atoms with Crippen LogP contribution in [0.2, 0.25) is 0 Å². The number of nitrogens with zero attached hydrogens (tertiary/aromatic N) is 1. The molecule has 0 spiro atoms. The number of rotatable bonds is 6. The first kappa shape index (κ1) is 15.5. The lowest BCUT2D eigenvalue weighted by molar-refractivity contribution is 0.101. The highest BCUT2D eigenvalue weighted by Gasteiger charge is 2.18. The number of aliphatic hydroxyl groups is 1. The SMILES string of the molecule is CC(C)C(C)NCC(O)CN1CCc2ccccc2C1. The van der Waals surface area contributed by atoms with Gasteiger partial charge < -0.3 is 10.4 Å². The Morgan fingerprint density at radius 2 is 1.90 bits per heavy atom. The quantitative estimate of drug-likeness (QED) is 0.834. The Morgan fingerprint density at radius 3 is 2.60 bits per heavy atom. The van der Waals surface area contributed by atoms with Crippen LogP contribution in [0.1, 0.15) is 31.9 Å². The molecule has 2 rings (SSSR count). The molecule has 1 aliphatic heterocycles. The van der Waals surface area contributed by atoms with Gasteiger partial charge in [-0.05, 0) is 30.4 Å². The Labute approximate surface area is 123 Å². The molecule has 1 aliphatic rings. The molecule has 0 amide bonds. The lowest BCUT2D eigenvalue weighted by atomic mass is 10.00. The van der Waals surface area contributed by atoms with Crippen molar-refractivity contribution in [2.75, 3.05) is 19.6 Å². The van der Waals surface area contributed by atoms with E-state index in [1.54, 1.807) is 0 Å². The first-order valence-corrected chi connectivity index (χ1v) is 7.77. The third-order valence-corrected chi connectivity index (χ3v) is 4.35. The van der Waals surface area contributed by atoms with Gasteiger partial charge in [0, 0.05) is 32.2 Å². The van der Waals surface area contributed by atoms with Crippen LogP contribution in [0.25, 0.3) is 0 Å². The van der Waals surface area contributed by atoms with Crippen molar-refractivity contribution in [2.45, 2.75) is 45.9 Å². The first-order valence-electron chi connectivity index (χ1n) is 7.77. The van der Waals surface area contributed by atoms with Crippen molar-refractivity contribution < 1.29 is 5.11 Å². The molecule has 3 heteroatoms. The molecule has 1 aromatic rings. The Hall–Kier alpha value is -0.900. The van der Waals surface area contributed by atoms with E-state index in [-0.39, 0.29) is 6.10 Å². The van der Waals surface area contributed by atoms with E-state index < -0.39 is 0 Å².